The van der Waals surface area contributed by atoms with Crippen LogP contribution in [0.3, 0.4) is 0 Å². The van der Waals surface area contributed by atoms with Crippen molar-refractivity contribution in [3.05, 3.63) is 0 Å². The quantitative estimate of drug-likeness (QED) is 0.714. The van der Waals surface area contributed by atoms with E-state index in [1.165, 1.54) is 25.7 Å². The van der Waals surface area contributed by atoms with Gasteiger partial charge in [-0.05, 0) is 25.8 Å². The Hall–Kier alpha value is -0.120. The Morgan fingerprint density at radius 1 is 1.13 bits per heavy atom. The van der Waals surface area contributed by atoms with E-state index in [0.717, 1.165) is 31.7 Å². The largest absolute Gasteiger partial charge is 0.349 e. The molecule has 88 valence electrons. The third-order valence-electron chi connectivity index (χ3n) is 3.76. The van der Waals surface area contributed by atoms with Crippen LogP contribution in [0.15, 0.2) is 0 Å². The lowest BCUT2D eigenvalue weighted by Gasteiger charge is -2.37. The molecule has 0 radical (unpaired) electrons. The van der Waals surface area contributed by atoms with Crippen LogP contribution in [0.25, 0.3) is 0 Å². The topological polar surface area (TPSA) is 21.7 Å². The zero-order chi connectivity index (χ0) is 10.7. The van der Waals surface area contributed by atoms with Crippen LogP contribution < -0.4 is 0 Å². The number of hydrogen-bond acceptors (Lipinski definition) is 3. The lowest BCUT2D eigenvalue weighted by molar-refractivity contribution is -0.0692. The van der Waals surface area contributed by atoms with Crippen molar-refractivity contribution in [2.75, 3.05) is 26.8 Å². The molecule has 2 rings (SSSR count). The van der Waals surface area contributed by atoms with Crippen LogP contribution in [-0.4, -0.2) is 44.0 Å². The molecule has 2 atom stereocenters. The van der Waals surface area contributed by atoms with Gasteiger partial charge >= 0.3 is 0 Å². The summed E-state index contributed by atoms with van der Waals surface area (Å²) in [6.45, 7) is 4.82. The Labute approximate surface area is 92.7 Å². The first kappa shape index (κ1) is 11.4. The van der Waals surface area contributed by atoms with Crippen LogP contribution in [0.2, 0.25) is 0 Å². The maximum absolute atomic E-state index is 5.49. The van der Waals surface area contributed by atoms with Crippen molar-refractivity contribution in [2.24, 2.45) is 5.92 Å². The molecule has 3 nitrogen and oxygen atoms in total. The van der Waals surface area contributed by atoms with Gasteiger partial charge in [0.05, 0.1) is 13.2 Å². The lowest BCUT2D eigenvalue weighted by Crippen LogP contribution is -2.42. The standard InChI is InChI=1S/C12H23NO2/c1-10-5-3-4-6-11(10)13(2)9-12-14-7-8-15-12/h10-12H,3-9H2,1-2H3/t10-,11+/m0/s1. The van der Waals surface area contributed by atoms with Crippen LogP contribution in [0.4, 0.5) is 0 Å². The molecule has 1 saturated heterocycles. The van der Waals surface area contributed by atoms with Gasteiger partial charge in [0, 0.05) is 12.6 Å². The summed E-state index contributed by atoms with van der Waals surface area (Å²) in [6.07, 6.45) is 5.52. The third-order valence-corrected chi connectivity index (χ3v) is 3.76. The fourth-order valence-electron chi connectivity index (χ4n) is 2.83. The molecular weight excluding hydrogens is 190 g/mol. The second-order valence-electron chi connectivity index (χ2n) is 4.94. The van der Waals surface area contributed by atoms with Crippen LogP contribution >= 0.6 is 0 Å². The summed E-state index contributed by atoms with van der Waals surface area (Å²) in [6, 6.07) is 0.728. The molecule has 0 aromatic carbocycles. The van der Waals surface area contributed by atoms with Gasteiger partial charge in [0.25, 0.3) is 0 Å². The molecule has 1 heterocycles. The third kappa shape index (κ3) is 2.92. The van der Waals surface area contributed by atoms with Gasteiger partial charge in [0.1, 0.15) is 0 Å². The van der Waals surface area contributed by atoms with Crippen molar-refractivity contribution >= 4 is 0 Å². The van der Waals surface area contributed by atoms with Crippen LogP contribution in [0.1, 0.15) is 32.6 Å². The predicted molar refractivity (Wildman–Crippen MR) is 59.7 cm³/mol. The summed E-state index contributed by atoms with van der Waals surface area (Å²) >= 11 is 0. The predicted octanol–water partition coefficient (Wildman–Crippen LogP) is 1.87. The van der Waals surface area contributed by atoms with Gasteiger partial charge in [0.15, 0.2) is 6.29 Å². The minimum absolute atomic E-state index is 0.0177. The molecule has 2 fully saturated rings. The summed E-state index contributed by atoms with van der Waals surface area (Å²) in [4.78, 5) is 2.43. The van der Waals surface area contributed by atoms with Crippen LogP contribution in [-0.2, 0) is 9.47 Å². The number of nitrogens with zero attached hydrogens (tertiary/aromatic N) is 1. The zero-order valence-electron chi connectivity index (χ0n) is 9.95. The van der Waals surface area contributed by atoms with Crippen molar-refractivity contribution in [2.45, 2.75) is 44.9 Å². The molecule has 1 aliphatic carbocycles. The van der Waals surface area contributed by atoms with Gasteiger partial charge < -0.3 is 9.47 Å². The van der Waals surface area contributed by atoms with E-state index >= 15 is 0 Å². The minimum Gasteiger partial charge on any atom is -0.349 e. The second-order valence-corrected chi connectivity index (χ2v) is 4.94. The van der Waals surface area contributed by atoms with Crippen LogP contribution in [0.5, 0.6) is 0 Å². The first-order chi connectivity index (χ1) is 7.27. The molecule has 1 saturated carbocycles. The van der Waals surface area contributed by atoms with E-state index in [9.17, 15) is 0 Å². The van der Waals surface area contributed by atoms with E-state index in [1.807, 2.05) is 0 Å². The van der Waals surface area contributed by atoms with E-state index < -0.39 is 0 Å². The Morgan fingerprint density at radius 2 is 1.80 bits per heavy atom. The normalized spacial score (nSPS) is 33.8. The van der Waals surface area contributed by atoms with Crippen molar-refractivity contribution in [1.29, 1.82) is 0 Å². The maximum atomic E-state index is 5.49. The molecule has 0 unspecified atom stereocenters. The van der Waals surface area contributed by atoms with E-state index in [4.69, 9.17) is 9.47 Å². The van der Waals surface area contributed by atoms with Crippen molar-refractivity contribution < 1.29 is 9.47 Å². The van der Waals surface area contributed by atoms with Crippen molar-refractivity contribution in [1.82, 2.24) is 4.90 Å². The molecule has 0 N–H and O–H groups in total. The SMILES string of the molecule is C[C@H]1CCCC[C@H]1N(C)CC1OCCO1. The molecule has 1 aliphatic heterocycles. The Balaban J connectivity index is 1.80. The molecule has 0 aromatic rings. The number of likely N-dealkylation sites (N-methyl/N-ethyl adjacent to an activating group) is 1. The Kier molecular flexibility index (Phi) is 4.00. The summed E-state index contributed by atoms with van der Waals surface area (Å²) in [5.74, 6) is 0.824. The lowest BCUT2D eigenvalue weighted by atomic mass is 9.85. The summed E-state index contributed by atoms with van der Waals surface area (Å²) in [5.41, 5.74) is 0. The molecule has 2 aliphatic rings. The Morgan fingerprint density at radius 3 is 2.47 bits per heavy atom. The summed E-state index contributed by atoms with van der Waals surface area (Å²) < 4.78 is 11.0. The number of hydrogen-bond donors (Lipinski definition) is 0. The molecule has 0 spiro atoms. The number of rotatable bonds is 3. The highest BCUT2D eigenvalue weighted by atomic mass is 16.7. The van der Waals surface area contributed by atoms with Gasteiger partial charge in [-0.2, -0.15) is 0 Å². The highest BCUT2D eigenvalue weighted by molar-refractivity contribution is 4.80. The average molecular weight is 213 g/mol. The van der Waals surface area contributed by atoms with Gasteiger partial charge in [-0.25, -0.2) is 0 Å². The summed E-state index contributed by atoms with van der Waals surface area (Å²) in [5, 5.41) is 0. The monoisotopic (exact) mass is 213 g/mol. The smallest absolute Gasteiger partial charge is 0.170 e. The van der Waals surface area contributed by atoms with E-state index in [2.05, 4.69) is 18.9 Å². The molecule has 3 heteroatoms. The maximum Gasteiger partial charge on any atom is 0.170 e. The first-order valence-electron chi connectivity index (χ1n) is 6.21. The highest BCUT2D eigenvalue weighted by Crippen LogP contribution is 2.27. The first-order valence-corrected chi connectivity index (χ1v) is 6.21. The molecule has 15 heavy (non-hydrogen) atoms. The average Bonchev–Trinajstić information content (AvgIpc) is 2.71. The van der Waals surface area contributed by atoms with E-state index in [0.29, 0.717) is 0 Å². The molecule has 0 aromatic heterocycles. The molecule has 0 bridgehead atoms. The van der Waals surface area contributed by atoms with Crippen molar-refractivity contribution in [3.8, 4) is 0 Å². The minimum atomic E-state index is 0.0177. The summed E-state index contributed by atoms with van der Waals surface area (Å²) in [7, 11) is 2.21. The fraction of sp³-hybridized carbons (Fsp3) is 1.00. The zero-order valence-corrected chi connectivity index (χ0v) is 9.95. The molecular formula is C12H23NO2. The van der Waals surface area contributed by atoms with Gasteiger partial charge in [-0.3, -0.25) is 4.90 Å². The van der Waals surface area contributed by atoms with Crippen molar-refractivity contribution in [3.63, 3.8) is 0 Å². The van der Waals surface area contributed by atoms with Gasteiger partial charge in [0.2, 0.25) is 0 Å². The highest BCUT2D eigenvalue weighted by Gasteiger charge is 2.27. The van der Waals surface area contributed by atoms with Gasteiger partial charge in [-0.1, -0.05) is 19.8 Å². The molecule has 0 amide bonds. The van der Waals surface area contributed by atoms with E-state index in [-0.39, 0.29) is 6.29 Å². The van der Waals surface area contributed by atoms with E-state index in [1.54, 1.807) is 0 Å². The fourth-order valence-corrected chi connectivity index (χ4v) is 2.83. The van der Waals surface area contributed by atoms with Gasteiger partial charge in [-0.15, -0.1) is 0 Å². The number of ether oxygens (including phenoxy) is 2. The Bertz CT molecular complexity index is 192. The second kappa shape index (κ2) is 5.28. The van der Waals surface area contributed by atoms with Crippen LogP contribution in [0, 0.1) is 5.92 Å².